The van der Waals surface area contributed by atoms with E-state index in [0.29, 0.717) is 0 Å². The summed E-state index contributed by atoms with van der Waals surface area (Å²) in [4.78, 5) is 0. The summed E-state index contributed by atoms with van der Waals surface area (Å²) in [5.74, 6) is 0. The molecule has 0 heterocycles. The van der Waals surface area contributed by atoms with Crippen LogP contribution in [0.4, 0.5) is 26.3 Å². The highest BCUT2D eigenvalue weighted by Gasteiger charge is 2.52. The minimum Gasteiger partial charge on any atom is -0.154 e. The Bertz CT molecular complexity index is 99.9. The van der Waals surface area contributed by atoms with Crippen LogP contribution in [-0.2, 0) is 0 Å². The molecule has 0 saturated heterocycles. The van der Waals surface area contributed by atoms with E-state index in [-0.39, 0.29) is 0 Å². The van der Waals surface area contributed by atoms with Crippen LogP contribution in [-0.4, -0.2) is 16.9 Å². The fourth-order valence-electron chi connectivity index (χ4n) is 0.144. The first-order chi connectivity index (χ1) is 4.15. The van der Waals surface area contributed by atoms with Gasteiger partial charge in [-0.3, -0.25) is 0 Å². The molecule has 62 valence electrons. The fourth-order valence-corrected chi connectivity index (χ4v) is 0.144. The summed E-state index contributed by atoms with van der Waals surface area (Å²) < 4.78 is 64.5. The molecule has 0 saturated carbocycles. The standard InChI is InChI=1S/C2HF6NS/c3-1(4,5)9(10)2(6,7)8/h10H. The summed E-state index contributed by atoms with van der Waals surface area (Å²) in [5, 5.41) is 0. The Balaban J connectivity index is 4.23. The lowest BCUT2D eigenvalue weighted by molar-refractivity contribution is -0.329. The van der Waals surface area contributed by atoms with Crippen LogP contribution in [0.5, 0.6) is 0 Å². The predicted molar refractivity (Wildman–Crippen MR) is 22.9 cm³/mol. The smallest absolute Gasteiger partial charge is 0.154 e. The zero-order valence-corrected chi connectivity index (χ0v) is 5.06. The van der Waals surface area contributed by atoms with Crippen molar-refractivity contribution in [3.8, 4) is 0 Å². The van der Waals surface area contributed by atoms with Gasteiger partial charge < -0.3 is 0 Å². The van der Waals surface area contributed by atoms with Crippen molar-refractivity contribution in [2.45, 2.75) is 12.6 Å². The van der Waals surface area contributed by atoms with Crippen LogP contribution in [0.15, 0.2) is 0 Å². The maximum absolute atomic E-state index is 11.1. The molecular formula is C2HF6NS. The molecule has 0 amide bonds. The Morgan fingerprint density at radius 1 is 0.800 bits per heavy atom. The molecule has 8 heteroatoms. The van der Waals surface area contributed by atoms with E-state index in [2.05, 4.69) is 12.8 Å². The topological polar surface area (TPSA) is 3.24 Å². The van der Waals surface area contributed by atoms with Crippen LogP contribution in [0.1, 0.15) is 0 Å². The zero-order valence-electron chi connectivity index (χ0n) is 4.16. The number of hydrogen-bond acceptors (Lipinski definition) is 2. The predicted octanol–water partition coefficient (Wildman–Crippen LogP) is 2.17. The molecule has 0 unspecified atom stereocenters. The number of alkyl halides is 6. The molecule has 0 atom stereocenters. The highest BCUT2D eigenvalue weighted by atomic mass is 32.1. The van der Waals surface area contributed by atoms with Crippen molar-refractivity contribution in [1.29, 1.82) is 0 Å². The van der Waals surface area contributed by atoms with Gasteiger partial charge in [-0.1, -0.05) is 17.1 Å². The summed E-state index contributed by atoms with van der Waals surface area (Å²) in [7, 11) is 0. The first-order valence-electron chi connectivity index (χ1n) is 1.78. The third-order valence-corrected chi connectivity index (χ3v) is 0.934. The number of halogens is 6. The SMILES string of the molecule is FC(F)(F)N(S)C(F)(F)F. The van der Waals surface area contributed by atoms with Gasteiger partial charge in [-0.15, -0.1) is 0 Å². The van der Waals surface area contributed by atoms with E-state index in [1.807, 2.05) is 0 Å². The average Bonchev–Trinajstić information content (AvgIpc) is 1.59. The molecule has 0 rings (SSSR count). The van der Waals surface area contributed by atoms with Crippen molar-refractivity contribution >= 4 is 12.8 Å². The molecule has 1 nitrogen and oxygen atoms in total. The summed E-state index contributed by atoms with van der Waals surface area (Å²) in [6, 6.07) is 0. The van der Waals surface area contributed by atoms with Crippen molar-refractivity contribution in [3.63, 3.8) is 0 Å². The van der Waals surface area contributed by atoms with E-state index < -0.39 is 16.9 Å². The minimum atomic E-state index is -5.48. The Morgan fingerprint density at radius 2 is 1.00 bits per heavy atom. The minimum absolute atomic E-state index is 1.93. The van der Waals surface area contributed by atoms with Gasteiger partial charge in [-0.2, -0.15) is 26.3 Å². The van der Waals surface area contributed by atoms with E-state index >= 15 is 0 Å². The molecule has 10 heavy (non-hydrogen) atoms. The molecule has 0 aliphatic carbocycles. The normalized spacial score (nSPS) is 14.4. The molecule has 0 aliphatic heterocycles. The van der Waals surface area contributed by atoms with Gasteiger partial charge in [0.05, 0.1) is 0 Å². The largest absolute Gasteiger partial charge is 0.476 e. The molecule has 0 aromatic heterocycles. The van der Waals surface area contributed by atoms with Gasteiger partial charge in [-0.25, -0.2) is 0 Å². The lowest BCUT2D eigenvalue weighted by atomic mass is 11.0. The second kappa shape index (κ2) is 2.50. The molecular weight excluding hydrogens is 184 g/mol. The monoisotopic (exact) mass is 185 g/mol. The van der Waals surface area contributed by atoms with Crippen molar-refractivity contribution in [2.24, 2.45) is 0 Å². The van der Waals surface area contributed by atoms with Crippen molar-refractivity contribution in [1.82, 2.24) is 4.31 Å². The van der Waals surface area contributed by atoms with Crippen LogP contribution >= 0.6 is 12.8 Å². The van der Waals surface area contributed by atoms with E-state index in [4.69, 9.17) is 0 Å². The fraction of sp³-hybridized carbons (Fsp3) is 1.00. The Kier molecular flexibility index (Phi) is 2.47. The number of thiol groups is 1. The van der Waals surface area contributed by atoms with Gasteiger partial charge in [0.2, 0.25) is 0 Å². The van der Waals surface area contributed by atoms with E-state index in [0.717, 1.165) is 0 Å². The first kappa shape index (κ1) is 9.89. The van der Waals surface area contributed by atoms with Crippen LogP contribution in [0, 0.1) is 0 Å². The lowest BCUT2D eigenvalue weighted by Gasteiger charge is -2.20. The molecule has 0 aromatic rings. The average molecular weight is 185 g/mol. The molecule has 0 aliphatic rings. The number of hydrogen-bond donors (Lipinski definition) is 1. The highest BCUT2D eigenvalue weighted by Crippen LogP contribution is 2.34. The number of rotatable bonds is 0. The molecule has 0 bridgehead atoms. The lowest BCUT2D eigenvalue weighted by Crippen LogP contribution is -2.40. The van der Waals surface area contributed by atoms with Gasteiger partial charge >= 0.3 is 12.6 Å². The van der Waals surface area contributed by atoms with Crippen LogP contribution in [0.2, 0.25) is 0 Å². The Morgan fingerprint density at radius 3 is 1.00 bits per heavy atom. The zero-order chi connectivity index (χ0) is 8.58. The third-order valence-electron chi connectivity index (χ3n) is 0.480. The van der Waals surface area contributed by atoms with E-state index in [1.54, 1.807) is 0 Å². The van der Waals surface area contributed by atoms with Crippen LogP contribution in [0.3, 0.4) is 0 Å². The van der Waals surface area contributed by atoms with Gasteiger partial charge in [0, 0.05) is 0 Å². The van der Waals surface area contributed by atoms with Gasteiger partial charge in [0.1, 0.15) is 0 Å². The molecule has 0 fully saturated rings. The molecule has 0 N–H and O–H groups in total. The van der Waals surface area contributed by atoms with Crippen LogP contribution in [0.25, 0.3) is 0 Å². The summed E-state index contributed by atoms with van der Waals surface area (Å²) in [6.45, 7) is 0. The quantitative estimate of drug-likeness (QED) is 0.344. The van der Waals surface area contributed by atoms with Crippen molar-refractivity contribution < 1.29 is 26.3 Å². The third kappa shape index (κ3) is 2.65. The van der Waals surface area contributed by atoms with Crippen LogP contribution < -0.4 is 0 Å². The molecule has 0 spiro atoms. The maximum Gasteiger partial charge on any atom is 0.476 e. The first-order valence-corrected chi connectivity index (χ1v) is 2.18. The van der Waals surface area contributed by atoms with Gasteiger partial charge in [0.25, 0.3) is 0 Å². The van der Waals surface area contributed by atoms with Gasteiger partial charge in [0.15, 0.2) is 0 Å². The van der Waals surface area contributed by atoms with Crippen molar-refractivity contribution in [2.75, 3.05) is 0 Å². The molecule has 0 aromatic carbocycles. The Labute approximate surface area is 57.1 Å². The highest BCUT2D eigenvalue weighted by molar-refractivity contribution is 7.77. The van der Waals surface area contributed by atoms with Gasteiger partial charge in [-0.05, 0) is 0 Å². The van der Waals surface area contributed by atoms with Crippen molar-refractivity contribution in [3.05, 3.63) is 0 Å². The second-order valence-electron chi connectivity index (χ2n) is 1.25. The van der Waals surface area contributed by atoms with E-state index in [1.165, 1.54) is 0 Å². The maximum atomic E-state index is 11.1. The Hall–Kier alpha value is -0.110. The summed E-state index contributed by atoms with van der Waals surface area (Å²) in [6.07, 6.45) is -11.0. The molecule has 0 radical (unpaired) electrons. The summed E-state index contributed by atoms with van der Waals surface area (Å²) >= 11 is 2.17. The second-order valence-corrected chi connectivity index (χ2v) is 1.65. The van der Waals surface area contributed by atoms with E-state index in [9.17, 15) is 26.3 Å². The summed E-state index contributed by atoms with van der Waals surface area (Å²) in [5.41, 5.74) is 0. The number of nitrogens with zero attached hydrogens (tertiary/aromatic N) is 1.